The Kier molecular flexibility index (Phi) is 6.54. The molecule has 0 aliphatic carbocycles. The Labute approximate surface area is 165 Å². The monoisotopic (exact) mass is 400 g/mol. The van der Waals surface area contributed by atoms with E-state index in [0.717, 1.165) is 22.8 Å². The van der Waals surface area contributed by atoms with Crippen LogP contribution in [-0.4, -0.2) is 19.0 Å². The van der Waals surface area contributed by atoms with Crippen molar-refractivity contribution >= 4 is 20.9 Å². The molecule has 0 saturated carbocycles. The Hall–Kier alpha value is -2.57. The number of hydrogen-bond donors (Lipinski definition) is 1. The van der Waals surface area contributed by atoms with Crippen molar-refractivity contribution in [1.82, 2.24) is 0 Å². The lowest BCUT2D eigenvalue weighted by Gasteiger charge is -2.20. The number of unbranched alkanes of at least 4 members (excludes halogenated alkanes) is 1. The maximum absolute atomic E-state index is 12.9. The first-order valence-corrected chi connectivity index (χ1v) is 10.8. The molecule has 0 aliphatic heterocycles. The summed E-state index contributed by atoms with van der Waals surface area (Å²) in [5.74, 6) is 0.737. The molecule has 0 radical (unpaired) electrons. The Bertz CT molecular complexity index is 1020. The largest absolute Gasteiger partial charge is 0.470 e. The molecule has 3 aromatic carbocycles. The predicted molar refractivity (Wildman–Crippen MR) is 110 cm³/mol. The summed E-state index contributed by atoms with van der Waals surface area (Å²) in [6.07, 6.45) is 1.87. The van der Waals surface area contributed by atoms with Crippen LogP contribution in [0.25, 0.3) is 10.8 Å². The Morgan fingerprint density at radius 2 is 1.79 bits per heavy atom. The molecule has 6 heteroatoms. The fourth-order valence-corrected chi connectivity index (χ4v) is 4.11. The SMILES string of the molecule is CCCCC(Oc1cccc2cc(CO)ccc12)S(=O)(=O)Oc1ccccc1. The third kappa shape index (κ3) is 4.82. The van der Waals surface area contributed by atoms with Gasteiger partial charge in [0.25, 0.3) is 0 Å². The van der Waals surface area contributed by atoms with Gasteiger partial charge in [-0.3, -0.25) is 0 Å². The zero-order valence-electron chi connectivity index (χ0n) is 15.7. The van der Waals surface area contributed by atoms with Crippen molar-refractivity contribution in [2.45, 2.75) is 38.2 Å². The number of fused-ring (bicyclic) bond motifs is 1. The lowest BCUT2D eigenvalue weighted by Crippen LogP contribution is -2.31. The maximum atomic E-state index is 12.9. The molecule has 0 aromatic heterocycles. The van der Waals surface area contributed by atoms with Crippen LogP contribution in [0.15, 0.2) is 66.7 Å². The van der Waals surface area contributed by atoms with Crippen LogP contribution in [0.3, 0.4) is 0 Å². The van der Waals surface area contributed by atoms with Gasteiger partial charge in [0.2, 0.25) is 5.44 Å². The molecule has 0 bridgehead atoms. The third-order valence-corrected chi connectivity index (χ3v) is 5.82. The Morgan fingerprint density at radius 3 is 2.50 bits per heavy atom. The van der Waals surface area contributed by atoms with Crippen molar-refractivity contribution in [3.05, 3.63) is 72.3 Å². The summed E-state index contributed by atoms with van der Waals surface area (Å²) in [6.45, 7) is 1.94. The lowest BCUT2D eigenvalue weighted by atomic mass is 10.1. The zero-order valence-corrected chi connectivity index (χ0v) is 16.6. The van der Waals surface area contributed by atoms with Crippen molar-refractivity contribution in [3.63, 3.8) is 0 Å². The van der Waals surface area contributed by atoms with Gasteiger partial charge < -0.3 is 14.0 Å². The highest BCUT2D eigenvalue weighted by Gasteiger charge is 2.29. The van der Waals surface area contributed by atoms with Gasteiger partial charge in [-0.2, -0.15) is 8.42 Å². The third-order valence-electron chi connectivity index (χ3n) is 4.42. The number of para-hydroxylation sites is 1. The van der Waals surface area contributed by atoms with Crippen LogP contribution in [0.5, 0.6) is 11.5 Å². The highest BCUT2D eigenvalue weighted by atomic mass is 32.2. The van der Waals surface area contributed by atoms with Gasteiger partial charge in [0.05, 0.1) is 6.61 Å². The molecule has 0 fully saturated rings. The number of hydrogen-bond acceptors (Lipinski definition) is 5. The van der Waals surface area contributed by atoms with Crippen LogP contribution in [-0.2, 0) is 16.7 Å². The smallest absolute Gasteiger partial charge is 0.347 e. The van der Waals surface area contributed by atoms with E-state index in [2.05, 4.69) is 0 Å². The highest BCUT2D eigenvalue weighted by molar-refractivity contribution is 7.87. The molecule has 3 aromatic rings. The van der Waals surface area contributed by atoms with Gasteiger partial charge >= 0.3 is 10.1 Å². The van der Waals surface area contributed by atoms with Crippen molar-refractivity contribution in [2.24, 2.45) is 0 Å². The normalized spacial score (nSPS) is 12.6. The number of benzene rings is 3. The molecule has 0 aliphatic rings. The summed E-state index contributed by atoms with van der Waals surface area (Å²) in [6, 6.07) is 19.4. The average Bonchev–Trinajstić information content (AvgIpc) is 2.71. The van der Waals surface area contributed by atoms with E-state index >= 15 is 0 Å². The van der Waals surface area contributed by atoms with Gasteiger partial charge in [0.15, 0.2) is 0 Å². The van der Waals surface area contributed by atoms with Crippen molar-refractivity contribution in [1.29, 1.82) is 0 Å². The summed E-state index contributed by atoms with van der Waals surface area (Å²) < 4.78 is 37.0. The summed E-state index contributed by atoms with van der Waals surface area (Å²) in [5.41, 5.74) is -0.331. The van der Waals surface area contributed by atoms with E-state index in [1.165, 1.54) is 0 Å². The molecule has 0 heterocycles. The summed E-state index contributed by atoms with van der Waals surface area (Å²) >= 11 is 0. The molecule has 3 rings (SSSR count). The quantitative estimate of drug-likeness (QED) is 0.530. The summed E-state index contributed by atoms with van der Waals surface area (Å²) in [5, 5.41) is 11.0. The van der Waals surface area contributed by atoms with E-state index in [0.29, 0.717) is 18.6 Å². The molecule has 1 N–H and O–H groups in total. The van der Waals surface area contributed by atoms with E-state index < -0.39 is 15.6 Å². The first kappa shape index (κ1) is 20.2. The minimum atomic E-state index is -3.99. The predicted octanol–water partition coefficient (Wildman–Crippen LogP) is 4.64. The standard InChI is InChI=1S/C22H24O5S/c1-2-3-12-22(28(24,25)27-19-9-5-4-6-10-19)26-21-11-7-8-18-15-17(16-23)13-14-20(18)21/h4-11,13-15,22-23H,2-3,12,16H2,1H3. The van der Waals surface area contributed by atoms with E-state index in [-0.39, 0.29) is 12.4 Å². The van der Waals surface area contributed by atoms with Crippen LogP contribution >= 0.6 is 0 Å². The van der Waals surface area contributed by atoms with Crippen LogP contribution in [0, 0.1) is 0 Å². The van der Waals surface area contributed by atoms with Crippen molar-refractivity contribution in [3.8, 4) is 11.5 Å². The molecular formula is C22H24O5S. The Morgan fingerprint density at radius 1 is 1.00 bits per heavy atom. The minimum Gasteiger partial charge on any atom is -0.470 e. The van der Waals surface area contributed by atoms with Gasteiger partial charge in [-0.1, -0.05) is 55.8 Å². The second kappa shape index (κ2) is 9.08. The fourth-order valence-electron chi connectivity index (χ4n) is 2.94. The van der Waals surface area contributed by atoms with E-state index in [4.69, 9.17) is 8.92 Å². The van der Waals surface area contributed by atoms with E-state index in [1.54, 1.807) is 48.5 Å². The molecule has 1 unspecified atom stereocenters. The van der Waals surface area contributed by atoms with Crippen LogP contribution in [0.2, 0.25) is 0 Å². The first-order valence-electron chi connectivity index (χ1n) is 9.31. The summed E-state index contributed by atoms with van der Waals surface area (Å²) in [4.78, 5) is 0. The topological polar surface area (TPSA) is 72.8 Å². The van der Waals surface area contributed by atoms with E-state index in [1.807, 2.05) is 25.1 Å². The molecule has 0 spiro atoms. The van der Waals surface area contributed by atoms with Crippen molar-refractivity contribution in [2.75, 3.05) is 0 Å². The van der Waals surface area contributed by atoms with Crippen LogP contribution in [0.1, 0.15) is 31.7 Å². The number of rotatable bonds is 9. The molecule has 148 valence electrons. The number of ether oxygens (including phenoxy) is 1. The van der Waals surface area contributed by atoms with Crippen LogP contribution < -0.4 is 8.92 Å². The van der Waals surface area contributed by atoms with Gasteiger partial charge in [-0.15, -0.1) is 0 Å². The molecule has 28 heavy (non-hydrogen) atoms. The van der Waals surface area contributed by atoms with Gasteiger partial charge in [0, 0.05) is 11.8 Å². The molecule has 1 atom stereocenters. The number of aliphatic hydroxyl groups excluding tert-OH is 1. The van der Waals surface area contributed by atoms with E-state index in [9.17, 15) is 13.5 Å². The molecular weight excluding hydrogens is 376 g/mol. The minimum absolute atomic E-state index is 0.0561. The first-order chi connectivity index (χ1) is 13.5. The molecule has 0 saturated heterocycles. The zero-order chi connectivity index (χ0) is 20.0. The Balaban J connectivity index is 1.91. The molecule has 0 amide bonds. The second-order valence-corrected chi connectivity index (χ2v) is 8.23. The maximum Gasteiger partial charge on any atom is 0.347 e. The van der Waals surface area contributed by atoms with Gasteiger partial charge in [-0.05, 0) is 41.6 Å². The van der Waals surface area contributed by atoms with Crippen LogP contribution in [0.4, 0.5) is 0 Å². The molecule has 5 nitrogen and oxygen atoms in total. The summed E-state index contributed by atoms with van der Waals surface area (Å²) in [7, 11) is -3.99. The van der Waals surface area contributed by atoms with Gasteiger partial charge in [0.1, 0.15) is 11.5 Å². The van der Waals surface area contributed by atoms with Crippen molar-refractivity contribution < 1.29 is 22.4 Å². The number of aliphatic hydroxyl groups is 1. The van der Waals surface area contributed by atoms with Gasteiger partial charge in [-0.25, -0.2) is 0 Å². The highest BCUT2D eigenvalue weighted by Crippen LogP contribution is 2.30. The lowest BCUT2D eigenvalue weighted by molar-refractivity contribution is 0.247. The fraction of sp³-hybridized carbons (Fsp3) is 0.273. The average molecular weight is 400 g/mol. The second-order valence-electron chi connectivity index (χ2n) is 6.55.